The molecule has 0 saturated carbocycles. The third-order valence-corrected chi connectivity index (χ3v) is 4.65. The predicted molar refractivity (Wildman–Crippen MR) is 105 cm³/mol. The molecule has 2 heterocycles. The first kappa shape index (κ1) is 18.0. The number of hydrogen-bond acceptors (Lipinski definition) is 5. The van der Waals surface area contributed by atoms with Crippen LogP contribution in [0.2, 0.25) is 0 Å². The molecule has 1 aliphatic carbocycles. The molecule has 6 nitrogen and oxygen atoms in total. The fourth-order valence-electron chi connectivity index (χ4n) is 3.32. The quantitative estimate of drug-likeness (QED) is 0.679. The summed E-state index contributed by atoms with van der Waals surface area (Å²) in [4.78, 5) is 14.1. The molecule has 0 saturated heterocycles. The molecule has 0 atom stereocenters. The van der Waals surface area contributed by atoms with Gasteiger partial charge in [0, 0.05) is 16.8 Å². The zero-order chi connectivity index (χ0) is 17.2. The highest BCUT2D eigenvalue weighted by molar-refractivity contribution is 5.65. The van der Waals surface area contributed by atoms with Crippen molar-refractivity contribution < 1.29 is 0 Å². The summed E-state index contributed by atoms with van der Waals surface area (Å²) in [6.45, 7) is 3.98. The van der Waals surface area contributed by atoms with Crippen molar-refractivity contribution in [3.63, 3.8) is 0 Å². The van der Waals surface area contributed by atoms with E-state index in [2.05, 4.69) is 39.6 Å². The molecule has 0 fully saturated rings. The number of aromatic amines is 1. The Labute approximate surface area is 154 Å². The van der Waals surface area contributed by atoms with E-state index >= 15 is 0 Å². The summed E-state index contributed by atoms with van der Waals surface area (Å²) in [6, 6.07) is 8.24. The maximum atomic E-state index is 4.91. The van der Waals surface area contributed by atoms with Crippen LogP contribution in [0.4, 0.5) is 11.8 Å². The highest BCUT2D eigenvalue weighted by Gasteiger charge is 2.19. The van der Waals surface area contributed by atoms with Crippen LogP contribution < -0.4 is 5.32 Å². The maximum Gasteiger partial charge on any atom is 0.247 e. The molecule has 0 bridgehead atoms. The van der Waals surface area contributed by atoms with Crippen LogP contribution in [0.5, 0.6) is 0 Å². The van der Waals surface area contributed by atoms with Crippen molar-refractivity contribution >= 4 is 11.8 Å². The summed E-state index contributed by atoms with van der Waals surface area (Å²) in [7, 11) is 0. The summed E-state index contributed by atoms with van der Waals surface area (Å²) in [5.41, 5.74) is 4.61. The second-order valence-corrected chi connectivity index (χ2v) is 6.57. The number of benzene rings is 1. The van der Waals surface area contributed by atoms with Gasteiger partial charge in [-0.1, -0.05) is 38.1 Å². The minimum atomic E-state index is 0. The lowest BCUT2D eigenvalue weighted by Gasteiger charge is -2.14. The van der Waals surface area contributed by atoms with Crippen molar-refractivity contribution in [2.75, 3.05) is 5.32 Å². The molecule has 0 aliphatic heterocycles. The van der Waals surface area contributed by atoms with Gasteiger partial charge >= 0.3 is 0 Å². The molecule has 0 spiro atoms. The first-order valence-electron chi connectivity index (χ1n) is 8.82. The smallest absolute Gasteiger partial charge is 0.247 e. The van der Waals surface area contributed by atoms with E-state index in [1.165, 1.54) is 30.4 Å². The van der Waals surface area contributed by atoms with Gasteiger partial charge in [-0.3, -0.25) is 5.10 Å². The predicted octanol–water partition coefficient (Wildman–Crippen LogP) is 4.53. The van der Waals surface area contributed by atoms with Crippen LogP contribution in [0.15, 0.2) is 24.3 Å². The maximum absolute atomic E-state index is 4.91. The molecule has 2 aromatic heterocycles. The van der Waals surface area contributed by atoms with E-state index in [9.17, 15) is 0 Å². The topological polar surface area (TPSA) is 79.4 Å². The van der Waals surface area contributed by atoms with Crippen LogP contribution in [-0.4, -0.2) is 25.1 Å². The van der Waals surface area contributed by atoms with Gasteiger partial charge in [-0.25, -0.2) is 9.97 Å². The van der Waals surface area contributed by atoms with Crippen molar-refractivity contribution in [1.82, 2.24) is 25.1 Å². The molecule has 1 aliphatic rings. The molecule has 0 radical (unpaired) electrons. The second-order valence-electron chi connectivity index (χ2n) is 6.57. The fraction of sp³-hybridized carbons (Fsp3) is 0.400. The van der Waals surface area contributed by atoms with Gasteiger partial charge in [-0.05, 0) is 45.1 Å². The van der Waals surface area contributed by atoms with Crippen molar-refractivity contribution in [2.45, 2.75) is 53.4 Å². The van der Waals surface area contributed by atoms with Crippen molar-refractivity contribution in [2.24, 2.45) is 0 Å². The molecule has 1 aromatic carbocycles. The first-order chi connectivity index (χ1) is 12.2. The third-order valence-electron chi connectivity index (χ3n) is 4.65. The lowest BCUT2D eigenvalue weighted by atomic mass is 10.1. The zero-order valence-corrected chi connectivity index (χ0v) is 14.6. The number of H-pyrrole nitrogens is 1. The normalized spacial score (nSPS) is 13.5. The van der Waals surface area contributed by atoms with Gasteiger partial charge in [0.25, 0.3) is 0 Å². The first-order valence-corrected chi connectivity index (χ1v) is 8.82. The number of nitrogens with one attached hydrogen (secondary N) is 2. The minimum absolute atomic E-state index is 0. The molecule has 0 unspecified atom stereocenters. The minimum Gasteiger partial charge on any atom is -0.307 e. The van der Waals surface area contributed by atoms with Crippen LogP contribution in [0.1, 0.15) is 49.3 Å². The van der Waals surface area contributed by atoms with Gasteiger partial charge in [0.05, 0.1) is 0 Å². The van der Waals surface area contributed by atoms with Gasteiger partial charge in [0.1, 0.15) is 11.6 Å². The van der Waals surface area contributed by atoms with Crippen LogP contribution >= 0.6 is 0 Å². The van der Waals surface area contributed by atoms with E-state index in [0.29, 0.717) is 5.95 Å². The second kappa shape index (κ2) is 7.64. The number of hydrogen-bond donors (Lipinski definition) is 2. The average molecular weight is 350 g/mol. The number of aromatic nitrogens is 5. The zero-order valence-electron chi connectivity index (χ0n) is 14.6. The highest BCUT2D eigenvalue weighted by atomic mass is 15.3. The Morgan fingerprint density at radius 3 is 2.54 bits per heavy atom. The van der Waals surface area contributed by atoms with Gasteiger partial charge in [0.15, 0.2) is 5.82 Å². The van der Waals surface area contributed by atoms with Gasteiger partial charge in [-0.15, -0.1) is 5.10 Å². The van der Waals surface area contributed by atoms with E-state index in [1.54, 1.807) is 0 Å². The Kier molecular flexibility index (Phi) is 5.30. The number of fused-ring (bicyclic) bond motifs is 1. The molecule has 6 heteroatoms. The summed E-state index contributed by atoms with van der Waals surface area (Å²) in [6.07, 6.45) is 5.57. The number of nitrogens with zero attached hydrogens (tertiary/aromatic N) is 4. The number of anilines is 2. The van der Waals surface area contributed by atoms with E-state index in [-0.39, 0.29) is 7.43 Å². The van der Waals surface area contributed by atoms with E-state index in [1.807, 2.05) is 19.1 Å². The van der Waals surface area contributed by atoms with Crippen LogP contribution in [0, 0.1) is 13.8 Å². The molecule has 3 aromatic rings. The average Bonchev–Trinajstić information content (AvgIpc) is 2.87. The Hall–Kier alpha value is -2.76. The molecule has 2 N–H and O–H groups in total. The lowest BCUT2D eigenvalue weighted by Crippen LogP contribution is -2.08. The summed E-state index contributed by atoms with van der Waals surface area (Å²) < 4.78 is 0. The Balaban J connectivity index is 0.00000196. The third kappa shape index (κ3) is 3.59. The fourth-order valence-corrected chi connectivity index (χ4v) is 3.32. The van der Waals surface area contributed by atoms with Gasteiger partial charge in [0.2, 0.25) is 5.95 Å². The van der Waals surface area contributed by atoms with Crippen LogP contribution in [0.25, 0.3) is 11.4 Å². The Morgan fingerprint density at radius 2 is 1.77 bits per heavy atom. The number of rotatable bonds is 3. The van der Waals surface area contributed by atoms with Gasteiger partial charge < -0.3 is 5.32 Å². The highest BCUT2D eigenvalue weighted by Crippen LogP contribution is 2.30. The van der Waals surface area contributed by atoms with Crippen molar-refractivity contribution in [1.29, 1.82) is 0 Å². The summed E-state index contributed by atoms with van der Waals surface area (Å²) >= 11 is 0. The number of aryl methyl sites for hydroxylation is 3. The molecule has 0 amide bonds. The Bertz CT molecular complexity index is 899. The molecule has 4 rings (SSSR count). The van der Waals surface area contributed by atoms with Gasteiger partial charge in [-0.2, -0.15) is 4.98 Å². The molecule has 136 valence electrons. The van der Waals surface area contributed by atoms with E-state index in [4.69, 9.17) is 9.97 Å². The van der Waals surface area contributed by atoms with Crippen molar-refractivity contribution in [3.05, 3.63) is 46.9 Å². The van der Waals surface area contributed by atoms with E-state index < -0.39 is 0 Å². The van der Waals surface area contributed by atoms with Crippen molar-refractivity contribution in [3.8, 4) is 11.4 Å². The largest absolute Gasteiger partial charge is 0.307 e. The lowest BCUT2D eigenvalue weighted by molar-refractivity contribution is 0.709. The molecular formula is C20H26N6. The van der Waals surface area contributed by atoms with E-state index in [0.717, 1.165) is 41.6 Å². The van der Waals surface area contributed by atoms with Crippen LogP contribution in [0.3, 0.4) is 0 Å². The molecule has 26 heavy (non-hydrogen) atoms. The SMILES string of the molecule is C.Cc1nc(Nc2nc(-c3ccccc3C)nc3c2CCCCC3)n[nH]1. The summed E-state index contributed by atoms with van der Waals surface area (Å²) in [5, 5.41) is 10.4. The van der Waals surface area contributed by atoms with Crippen LogP contribution in [-0.2, 0) is 12.8 Å². The Morgan fingerprint density at radius 1 is 0.962 bits per heavy atom. The monoisotopic (exact) mass is 350 g/mol. The standard InChI is InChI=1S/C19H22N6.CH4/c1-12-8-6-7-9-14(12)17-21-16-11-5-3-4-10-15(16)18(22-17)23-19-20-13(2)24-25-19;/h6-9H,3-5,10-11H2,1-2H3,(H2,20,21,22,23,24,25);1H4. The summed E-state index contributed by atoms with van der Waals surface area (Å²) in [5.74, 6) is 2.94. The molecular weight excluding hydrogens is 324 g/mol.